The van der Waals surface area contributed by atoms with E-state index in [-0.39, 0.29) is 24.8 Å². The number of hydrogen-bond acceptors (Lipinski definition) is 4. The first-order valence-electron chi connectivity index (χ1n) is 7.89. The maximum atomic E-state index is 13.7. The van der Waals surface area contributed by atoms with Gasteiger partial charge in [0.05, 0.1) is 13.2 Å². The van der Waals surface area contributed by atoms with Crippen molar-refractivity contribution in [3.05, 3.63) is 23.8 Å². The number of ether oxygens (including phenoxy) is 2. The fourth-order valence-corrected chi connectivity index (χ4v) is 2.31. The maximum absolute atomic E-state index is 13.7. The van der Waals surface area contributed by atoms with Crippen LogP contribution in [0.1, 0.15) is 26.2 Å². The Morgan fingerprint density at radius 1 is 1.12 bits per heavy atom. The minimum absolute atomic E-state index is 0.0750. The molecule has 1 aliphatic rings. The zero-order chi connectivity index (χ0) is 18.4. The van der Waals surface area contributed by atoms with Gasteiger partial charge in [0.2, 0.25) is 5.75 Å². The minimum atomic E-state index is -5.19. The lowest BCUT2D eigenvalue weighted by molar-refractivity contribution is -0.276. The second-order valence-electron chi connectivity index (χ2n) is 5.56. The van der Waals surface area contributed by atoms with Gasteiger partial charge in [0.1, 0.15) is 6.10 Å². The molecule has 1 aliphatic heterocycles. The van der Waals surface area contributed by atoms with Crippen LogP contribution in [0.15, 0.2) is 12.1 Å². The number of unbranched alkanes of at least 4 members (excludes halogenated alkanes) is 2. The Kier molecular flexibility index (Phi) is 7.03. The van der Waals surface area contributed by atoms with Crippen molar-refractivity contribution in [1.82, 2.24) is 0 Å². The molecule has 140 valence electrons. The topological polar surface area (TPSA) is 36.9 Å². The molecule has 1 aromatic carbocycles. The number of benzene rings is 1. The second kappa shape index (κ2) is 8.82. The van der Waals surface area contributed by atoms with Crippen LogP contribution >= 0.6 is 0 Å². The summed E-state index contributed by atoms with van der Waals surface area (Å²) in [6.07, 6.45) is -2.47. The molecule has 1 heterocycles. The third kappa shape index (κ3) is 6.12. The van der Waals surface area contributed by atoms with E-state index < -0.39 is 30.9 Å². The molecule has 1 saturated heterocycles. The van der Waals surface area contributed by atoms with Crippen LogP contribution in [0, 0.1) is 11.6 Å². The van der Waals surface area contributed by atoms with Gasteiger partial charge in [0, 0.05) is 6.61 Å². The van der Waals surface area contributed by atoms with Crippen molar-refractivity contribution >= 4 is 12.6 Å². The highest BCUT2D eigenvalue weighted by Gasteiger charge is 2.36. The van der Waals surface area contributed by atoms with Crippen LogP contribution in [-0.4, -0.2) is 39.4 Å². The zero-order valence-electron chi connectivity index (χ0n) is 13.6. The van der Waals surface area contributed by atoms with Crippen molar-refractivity contribution in [2.45, 2.75) is 38.7 Å². The smallest absolute Gasteiger partial charge is 0.404 e. The van der Waals surface area contributed by atoms with Crippen LogP contribution in [-0.2, 0) is 14.0 Å². The fraction of sp³-hybridized carbons (Fsp3) is 0.600. The van der Waals surface area contributed by atoms with Crippen LogP contribution in [0.25, 0.3) is 0 Å². The molecule has 0 unspecified atom stereocenters. The first-order chi connectivity index (χ1) is 11.8. The van der Waals surface area contributed by atoms with Gasteiger partial charge < -0.3 is 18.8 Å². The maximum Gasteiger partial charge on any atom is 0.573 e. The third-order valence-electron chi connectivity index (χ3n) is 3.48. The van der Waals surface area contributed by atoms with Gasteiger partial charge in [-0.05, 0) is 24.0 Å². The van der Waals surface area contributed by atoms with Gasteiger partial charge in [-0.2, -0.15) is 0 Å². The Morgan fingerprint density at radius 2 is 1.72 bits per heavy atom. The summed E-state index contributed by atoms with van der Waals surface area (Å²) >= 11 is 0. The van der Waals surface area contributed by atoms with E-state index in [1.807, 2.05) is 0 Å². The van der Waals surface area contributed by atoms with Crippen LogP contribution in [0.2, 0.25) is 0 Å². The van der Waals surface area contributed by atoms with Crippen molar-refractivity contribution in [2.24, 2.45) is 0 Å². The molecule has 0 aromatic heterocycles. The summed E-state index contributed by atoms with van der Waals surface area (Å²) < 4.78 is 83.4. The normalized spacial score (nSPS) is 16.3. The van der Waals surface area contributed by atoms with Gasteiger partial charge >= 0.3 is 13.5 Å². The summed E-state index contributed by atoms with van der Waals surface area (Å²) in [4.78, 5) is 0. The van der Waals surface area contributed by atoms with E-state index in [4.69, 9.17) is 14.0 Å². The summed E-state index contributed by atoms with van der Waals surface area (Å²) in [5.41, 5.74) is -0.0750. The Morgan fingerprint density at radius 3 is 2.24 bits per heavy atom. The molecule has 1 fully saturated rings. The molecule has 10 heteroatoms. The second-order valence-corrected chi connectivity index (χ2v) is 5.56. The predicted molar refractivity (Wildman–Crippen MR) is 79.6 cm³/mol. The third-order valence-corrected chi connectivity index (χ3v) is 3.48. The van der Waals surface area contributed by atoms with Crippen LogP contribution in [0.3, 0.4) is 0 Å². The van der Waals surface area contributed by atoms with Gasteiger partial charge in [-0.15, -0.1) is 13.2 Å². The van der Waals surface area contributed by atoms with Crippen LogP contribution in [0.5, 0.6) is 5.75 Å². The summed E-state index contributed by atoms with van der Waals surface area (Å²) in [6, 6.07) is 1.38. The SMILES string of the molecule is CCCCCOC1COB(c2cc(F)c(OC(F)(F)F)c(F)c2)OC1. The number of hydrogen-bond donors (Lipinski definition) is 0. The van der Waals surface area contributed by atoms with E-state index >= 15 is 0 Å². The molecule has 25 heavy (non-hydrogen) atoms. The largest absolute Gasteiger partial charge is 0.573 e. The quantitative estimate of drug-likeness (QED) is 0.421. The number of alkyl halides is 3. The molecule has 0 N–H and O–H groups in total. The highest BCUT2D eigenvalue weighted by atomic mass is 19.4. The van der Waals surface area contributed by atoms with E-state index in [0.717, 1.165) is 19.3 Å². The Balaban J connectivity index is 1.93. The van der Waals surface area contributed by atoms with Crippen molar-refractivity contribution in [3.63, 3.8) is 0 Å². The van der Waals surface area contributed by atoms with Gasteiger partial charge in [-0.25, -0.2) is 8.78 Å². The van der Waals surface area contributed by atoms with Gasteiger partial charge in [-0.1, -0.05) is 19.8 Å². The van der Waals surface area contributed by atoms with Gasteiger partial charge in [0.25, 0.3) is 0 Å². The van der Waals surface area contributed by atoms with E-state index in [1.165, 1.54) is 0 Å². The molecule has 2 rings (SSSR count). The molecule has 0 radical (unpaired) electrons. The Labute approximate surface area is 142 Å². The monoisotopic (exact) mass is 368 g/mol. The van der Waals surface area contributed by atoms with Crippen LogP contribution in [0.4, 0.5) is 22.0 Å². The molecule has 0 saturated carbocycles. The fourth-order valence-electron chi connectivity index (χ4n) is 2.31. The Bertz CT molecular complexity index is 538. The van der Waals surface area contributed by atoms with Crippen molar-refractivity contribution in [3.8, 4) is 5.75 Å². The summed E-state index contributed by atoms with van der Waals surface area (Å²) in [5.74, 6) is -4.49. The molecule has 0 atom stereocenters. The standard InChI is InChI=1S/C15H18BF5O4/c1-2-3-4-5-22-11-8-23-16(24-9-11)10-6-12(17)14(13(18)7-10)25-15(19,20)21/h6-7,11H,2-5,8-9H2,1H3. The van der Waals surface area contributed by atoms with Gasteiger partial charge in [-0.3, -0.25) is 0 Å². The molecule has 4 nitrogen and oxygen atoms in total. The summed E-state index contributed by atoms with van der Waals surface area (Å²) in [5, 5.41) is 0. The zero-order valence-corrected chi connectivity index (χ0v) is 13.6. The number of rotatable bonds is 7. The van der Waals surface area contributed by atoms with Crippen molar-refractivity contribution in [2.75, 3.05) is 19.8 Å². The summed E-state index contributed by atoms with van der Waals surface area (Å²) in [6.45, 7) is 2.94. The average molecular weight is 368 g/mol. The first-order valence-corrected chi connectivity index (χ1v) is 7.89. The predicted octanol–water partition coefficient (Wildman–Crippen LogP) is 3.18. The van der Waals surface area contributed by atoms with E-state index in [1.54, 1.807) is 0 Å². The van der Waals surface area contributed by atoms with Crippen LogP contribution < -0.4 is 10.2 Å². The highest BCUT2D eigenvalue weighted by Crippen LogP contribution is 2.27. The lowest BCUT2D eigenvalue weighted by Crippen LogP contribution is -2.47. The van der Waals surface area contributed by atoms with E-state index in [2.05, 4.69) is 11.7 Å². The summed E-state index contributed by atoms with van der Waals surface area (Å²) in [7, 11) is -1.08. The molecule has 1 aromatic rings. The van der Waals surface area contributed by atoms with Crippen molar-refractivity contribution < 1.29 is 40.7 Å². The average Bonchev–Trinajstić information content (AvgIpc) is 2.54. The molecule has 0 amide bonds. The number of halogens is 5. The lowest BCUT2D eigenvalue weighted by Gasteiger charge is -2.27. The minimum Gasteiger partial charge on any atom is -0.404 e. The van der Waals surface area contributed by atoms with E-state index in [0.29, 0.717) is 18.7 Å². The first kappa shape index (κ1) is 19.9. The molecule has 0 spiro atoms. The lowest BCUT2D eigenvalue weighted by atomic mass is 9.77. The molecular formula is C15H18BF5O4. The Hall–Kier alpha value is -1.39. The molecule has 0 aliphatic carbocycles. The highest BCUT2D eigenvalue weighted by molar-refractivity contribution is 6.61. The van der Waals surface area contributed by atoms with Gasteiger partial charge in [0.15, 0.2) is 11.6 Å². The molecular weight excluding hydrogens is 350 g/mol. The molecule has 0 bridgehead atoms. The van der Waals surface area contributed by atoms with Crippen molar-refractivity contribution in [1.29, 1.82) is 0 Å². The van der Waals surface area contributed by atoms with E-state index in [9.17, 15) is 22.0 Å².